The smallest absolute Gasteiger partial charge is 0.241 e. The van der Waals surface area contributed by atoms with Crippen molar-refractivity contribution in [3.63, 3.8) is 0 Å². The fraction of sp³-hybridized carbons (Fsp3) is 0.448. The molecule has 0 aliphatic carbocycles. The number of anilines is 2. The predicted molar refractivity (Wildman–Crippen MR) is 159 cm³/mol. The molecule has 1 unspecified atom stereocenters. The number of piperazine rings is 1. The summed E-state index contributed by atoms with van der Waals surface area (Å²) in [6.45, 7) is 13.6. The van der Waals surface area contributed by atoms with E-state index in [1.807, 2.05) is 44.0 Å². The Morgan fingerprint density at radius 3 is 2.44 bits per heavy atom. The van der Waals surface area contributed by atoms with Crippen molar-refractivity contribution in [1.29, 1.82) is 0 Å². The molecule has 1 saturated heterocycles. The van der Waals surface area contributed by atoms with Gasteiger partial charge in [-0.1, -0.05) is 12.1 Å². The Hall–Kier alpha value is -3.05. The summed E-state index contributed by atoms with van der Waals surface area (Å²) >= 11 is 0. The molecule has 3 heterocycles. The summed E-state index contributed by atoms with van der Waals surface area (Å²) in [4.78, 5) is 16.7. The second-order valence-corrected chi connectivity index (χ2v) is 13.3. The van der Waals surface area contributed by atoms with Crippen molar-refractivity contribution in [3.8, 4) is 0 Å². The minimum atomic E-state index is -3.59. The molecule has 1 fully saturated rings. The first kappa shape index (κ1) is 27.5. The van der Waals surface area contributed by atoms with E-state index in [0.717, 1.165) is 49.9 Å². The fourth-order valence-corrected chi connectivity index (χ4v) is 6.39. The Labute approximate surface area is 232 Å². The van der Waals surface area contributed by atoms with Gasteiger partial charge < -0.3 is 15.1 Å². The summed E-state index contributed by atoms with van der Waals surface area (Å²) in [6, 6.07) is 13.3. The molecular formula is C29H39N7O2S. The van der Waals surface area contributed by atoms with Gasteiger partial charge in [0, 0.05) is 55.8 Å². The van der Waals surface area contributed by atoms with Gasteiger partial charge in [-0.15, -0.1) is 0 Å². The van der Waals surface area contributed by atoms with Crippen molar-refractivity contribution in [2.24, 2.45) is 15.9 Å². The van der Waals surface area contributed by atoms with Gasteiger partial charge in [0.15, 0.2) is 0 Å². The minimum Gasteiger partial charge on any atom is -0.324 e. The molecule has 2 N–H and O–H groups in total. The lowest BCUT2D eigenvalue weighted by Gasteiger charge is -2.32. The number of aryl methyl sites for hydroxylation is 1. The van der Waals surface area contributed by atoms with Gasteiger partial charge in [0.25, 0.3) is 0 Å². The topological polar surface area (TPSA) is 92.6 Å². The molecular weight excluding hydrogens is 510 g/mol. The lowest BCUT2D eigenvalue weighted by atomic mass is 10.1. The van der Waals surface area contributed by atoms with Gasteiger partial charge >= 0.3 is 0 Å². The highest BCUT2D eigenvalue weighted by atomic mass is 32.2. The van der Waals surface area contributed by atoms with E-state index < -0.39 is 15.6 Å². The second kappa shape index (κ2) is 10.8. The molecule has 5 rings (SSSR count). The maximum Gasteiger partial charge on any atom is 0.241 e. The van der Waals surface area contributed by atoms with Crippen LogP contribution in [0.4, 0.5) is 11.4 Å². The fourth-order valence-electron chi connectivity index (χ4n) is 4.97. The first-order valence-electron chi connectivity index (χ1n) is 13.5. The number of amidine groups is 1. The average Bonchev–Trinajstić information content (AvgIpc) is 3.29. The number of guanidine groups is 1. The Morgan fingerprint density at radius 2 is 1.74 bits per heavy atom. The number of hydrogen-bond donors (Lipinski definition) is 2. The number of fused-ring (bicyclic) bond motifs is 1. The number of nitrogens with one attached hydrogen (secondary N) is 2. The normalized spacial score (nSPS) is 20.5. The van der Waals surface area contributed by atoms with Crippen LogP contribution in [0.5, 0.6) is 0 Å². The van der Waals surface area contributed by atoms with Gasteiger partial charge in [0.05, 0.1) is 17.4 Å². The zero-order valence-electron chi connectivity index (χ0n) is 23.5. The average molecular weight is 550 g/mol. The summed E-state index contributed by atoms with van der Waals surface area (Å²) < 4.78 is 28.1. The molecule has 0 spiro atoms. The molecule has 1 atom stereocenters. The molecule has 208 valence electrons. The molecule has 0 saturated carbocycles. The van der Waals surface area contributed by atoms with Crippen molar-refractivity contribution >= 4 is 33.2 Å². The second-order valence-electron chi connectivity index (χ2n) is 11.6. The van der Waals surface area contributed by atoms with Crippen LogP contribution in [0, 0.1) is 12.8 Å². The van der Waals surface area contributed by atoms with Gasteiger partial charge in [-0.25, -0.2) is 18.1 Å². The van der Waals surface area contributed by atoms with E-state index in [-0.39, 0.29) is 10.8 Å². The third-order valence-electron chi connectivity index (χ3n) is 7.16. The molecule has 3 aliphatic heterocycles. The molecule has 0 amide bonds. The van der Waals surface area contributed by atoms with Crippen LogP contribution >= 0.6 is 0 Å². The summed E-state index contributed by atoms with van der Waals surface area (Å²) in [5.74, 6) is 1.55. The number of nitrogens with zero attached hydrogens (tertiary/aromatic N) is 5. The van der Waals surface area contributed by atoms with Crippen LogP contribution in [-0.2, 0) is 16.6 Å². The Morgan fingerprint density at radius 1 is 1.03 bits per heavy atom. The van der Waals surface area contributed by atoms with Crippen LogP contribution < -0.4 is 14.9 Å². The van der Waals surface area contributed by atoms with Crippen LogP contribution in [0.3, 0.4) is 0 Å². The Balaban J connectivity index is 1.29. The van der Waals surface area contributed by atoms with E-state index in [0.29, 0.717) is 12.5 Å². The third kappa shape index (κ3) is 6.58. The molecule has 10 heteroatoms. The number of rotatable bonds is 6. The highest BCUT2D eigenvalue weighted by Crippen LogP contribution is 2.28. The molecule has 9 nitrogen and oxygen atoms in total. The quantitative estimate of drug-likeness (QED) is 0.572. The summed E-state index contributed by atoms with van der Waals surface area (Å²) in [6.07, 6.45) is 4.07. The Kier molecular flexibility index (Phi) is 7.65. The van der Waals surface area contributed by atoms with Crippen LogP contribution in [0.1, 0.15) is 31.9 Å². The van der Waals surface area contributed by atoms with E-state index in [1.54, 1.807) is 12.1 Å². The van der Waals surface area contributed by atoms with E-state index >= 15 is 0 Å². The maximum absolute atomic E-state index is 12.7. The van der Waals surface area contributed by atoms with Gasteiger partial charge in [0.1, 0.15) is 5.84 Å². The summed E-state index contributed by atoms with van der Waals surface area (Å²) in [5, 5.41) is 3.42. The molecule has 3 aliphatic rings. The van der Waals surface area contributed by atoms with Crippen molar-refractivity contribution < 1.29 is 8.42 Å². The highest BCUT2D eigenvalue weighted by Gasteiger charge is 2.29. The number of likely N-dealkylation sites (N-methyl/N-ethyl adjacent to an activating group) is 1. The van der Waals surface area contributed by atoms with Crippen LogP contribution in [-0.4, -0.2) is 75.3 Å². The van der Waals surface area contributed by atoms with Crippen molar-refractivity contribution in [2.45, 2.75) is 44.7 Å². The number of sulfonamides is 1. The lowest BCUT2D eigenvalue weighted by molar-refractivity contribution is 0.148. The molecule has 0 aromatic heterocycles. The molecule has 2 aromatic rings. The van der Waals surface area contributed by atoms with Crippen molar-refractivity contribution in [2.75, 3.05) is 50.0 Å². The van der Waals surface area contributed by atoms with Gasteiger partial charge in [-0.2, -0.15) is 4.99 Å². The van der Waals surface area contributed by atoms with E-state index in [2.05, 4.69) is 63.1 Å². The highest BCUT2D eigenvalue weighted by molar-refractivity contribution is 7.89. The monoisotopic (exact) mass is 549 g/mol. The standard InChI is InChI=1S/C29H39N7O2S/c1-21-6-7-24(18-23(21)20-35-16-14-34(5)15-17-35)31-28-30-19-22-12-13-36(27(22)32-28)25-8-10-26(11-9-25)39(37,38)33-29(2,3)4/h6-13,18,22,33H,14-17,19-20H2,1-5H3,(H,30,31). The van der Waals surface area contributed by atoms with Crippen LogP contribution in [0.15, 0.2) is 69.6 Å². The van der Waals surface area contributed by atoms with Crippen molar-refractivity contribution in [1.82, 2.24) is 14.5 Å². The summed E-state index contributed by atoms with van der Waals surface area (Å²) in [7, 11) is -1.42. The largest absolute Gasteiger partial charge is 0.324 e. The predicted octanol–water partition coefficient (Wildman–Crippen LogP) is 3.65. The zero-order chi connectivity index (χ0) is 27.8. The SMILES string of the molecule is Cc1ccc(NC2=NCC3C=CN(c4ccc(S(=O)(=O)NC(C)(C)C)cc4)C3=N2)cc1CN1CCN(C)CC1. The third-order valence-corrected chi connectivity index (χ3v) is 8.94. The van der Waals surface area contributed by atoms with Crippen LogP contribution in [0.2, 0.25) is 0 Å². The van der Waals surface area contributed by atoms with Gasteiger partial charge in [0.2, 0.25) is 16.0 Å². The molecule has 0 radical (unpaired) electrons. The minimum absolute atomic E-state index is 0.0901. The van der Waals surface area contributed by atoms with Gasteiger partial charge in [-0.3, -0.25) is 4.90 Å². The van der Waals surface area contributed by atoms with Crippen molar-refractivity contribution in [3.05, 3.63) is 65.9 Å². The van der Waals surface area contributed by atoms with Gasteiger partial charge in [-0.05, 0) is 82.3 Å². The van der Waals surface area contributed by atoms with E-state index in [1.165, 1.54) is 11.1 Å². The number of benzene rings is 2. The maximum atomic E-state index is 12.7. The number of aliphatic imine (C=N–C) groups is 2. The number of hydrogen-bond acceptors (Lipinski definition) is 8. The van der Waals surface area contributed by atoms with E-state index in [4.69, 9.17) is 4.99 Å². The molecule has 0 bridgehead atoms. The lowest BCUT2D eigenvalue weighted by Crippen LogP contribution is -2.43. The Bertz CT molecular complexity index is 1400. The van der Waals surface area contributed by atoms with E-state index in [9.17, 15) is 8.42 Å². The van der Waals surface area contributed by atoms with Crippen LogP contribution in [0.25, 0.3) is 0 Å². The first-order valence-corrected chi connectivity index (χ1v) is 15.0. The molecule has 2 aromatic carbocycles. The first-order chi connectivity index (χ1) is 18.5. The zero-order valence-corrected chi connectivity index (χ0v) is 24.3. The summed E-state index contributed by atoms with van der Waals surface area (Å²) in [5.41, 5.74) is 3.88. The molecule has 39 heavy (non-hydrogen) atoms.